The Labute approximate surface area is 319 Å². The van der Waals surface area contributed by atoms with Crippen LogP contribution in [0, 0.1) is 5.92 Å². The van der Waals surface area contributed by atoms with E-state index in [0.29, 0.717) is 12.3 Å². The number of benzene rings is 4. The van der Waals surface area contributed by atoms with E-state index in [1.807, 2.05) is 79.7 Å². The predicted octanol–water partition coefficient (Wildman–Crippen LogP) is 4.79. The molecule has 288 valence electrons. The lowest BCUT2D eigenvalue weighted by molar-refractivity contribution is 0.0824. The molecule has 0 saturated carbocycles. The monoisotopic (exact) mass is 755 g/mol. The number of ether oxygens (including phenoxy) is 1. The number of hydrogen-bond donors (Lipinski definition) is 4. The molecule has 0 radical (unpaired) electrons. The fourth-order valence-electron chi connectivity index (χ4n) is 6.71. The number of nitrogens with one attached hydrogen (secondary N) is 3. The number of aliphatic hydroxyl groups excluding tert-OH is 1. The molecule has 3 atom stereocenters. The number of methoxy groups -OCH3 is 1. The number of rotatable bonds is 17. The maximum absolute atomic E-state index is 14.0. The molecular weight excluding hydrogens is 703 g/mol. The van der Waals surface area contributed by atoms with E-state index < -0.39 is 34.0 Å². The van der Waals surface area contributed by atoms with Gasteiger partial charge in [0.25, 0.3) is 11.8 Å². The van der Waals surface area contributed by atoms with Crippen LogP contribution in [0.1, 0.15) is 63.2 Å². The first-order valence-electron chi connectivity index (χ1n) is 18.4. The van der Waals surface area contributed by atoms with E-state index in [1.165, 1.54) is 30.8 Å². The van der Waals surface area contributed by atoms with Gasteiger partial charge >= 0.3 is 0 Å². The molecule has 5 rings (SSSR count). The van der Waals surface area contributed by atoms with Crippen molar-refractivity contribution in [2.24, 2.45) is 5.92 Å². The molecular formula is C42H53N5O6S. The lowest BCUT2D eigenvalue weighted by atomic mass is 9.96. The summed E-state index contributed by atoms with van der Waals surface area (Å²) in [6.45, 7) is 5.71. The van der Waals surface area contributed by atoms with Gasteiger partial charge in [-0.15, -0.1) is 0 Å². The van der Waals surface area contributed by atoms with Gasteiger partial charge in [-0.25, -0.2) is 8.42 Å². The SMILES string of the molecule is COc1cccc(CN2CCC(CNC[C@@H](O)[C@H](Cc3ccccc3)NC(=O)c3cc(C(=O)N[C@H](C)c4ccccc4)cc(N(C)S(C)(=O)=O)c3)CC2)c1. The largest absolute Gasteiger partial charge is 0.497 e. The zero-order valence-corrected chi connectivity index (χ0v) is 32.4. The molecule has 0 spiro atoms. The van der Waals surface area contributed by atoms with Gasteiger partial charge in [0.15, 0.2) is 0 Å². The zero-order valence-electron chi connectivity index (χ0n) is 31.6. The Morgan fingerprint density at radius 1 is 0.870 bits per heavy atom. The fourth-order valence-corrected chi connectivity index (χ4v) is 7.20. The van der Waals surface area contributed by atoms with E-state index in [-0.39, 0.29) is 29.4 Å². The third-order valence-corrected chi connectivity index (χ3v) is 11.3. The molecule has 1 saturated heterocycles. The molecule has 0 unspecified atom stereocenters. The number of amides is 2. The van der Waals surface area contributed by atoms with E-state index >= 15 is 0 Å². The molecule has 4 aromatic rings. The van der Waals surface area contributed by atoms with Gasteiger partial charge in [0.1, 0.15) is 5.75 Å². The topological polar surface area (TPSA) is 140 Å². The zero-order chi connectivity index (χ0) is 38.7. The van der Waals surface area contributed by atoms with Gasteiger partial charge in [-0.2, -0.15) is 0 Å². The molecule has 1 fully saturated rings. The normalized spacial score (nSPS) is 15.5. The highest BCUT2D eigenvalue weighted by molar-refractivity contribution is 7.92. The smallest absolute Gasteiger partial charge is 0.251 e. The highest BCUT2D eigenvalue weighted by atomic mass is 32.2. The second-order valence-electron chi connectivity index (χ2n) is 14.2. The van der Waals surface area contributed by atoms with Gasteiger partial charge in [-0.3, -0.25) is 18.8 Å². The van der Waals surface area contributed by atoms with E-state index in [2.05, 4.69) is 33.0 Å². The molecule has 11 nitrogen and oxygen atoms in total. The van der Waals surface area contributed by atoms with Crippen LogP contribution in [0.25, 0.3) is 0 Å². The Balaban J connectivity index is 1.25. The Bertz CT molecular complexity index is 1940. The first-order chi connectivity index (χ1) is 25.9. The molecule has 0 aliphatic carbocycles. The van der Waals surface area contributed by atoms with Gasteiger partial charge in [0, 0.05) is 31.3 Å². The molecule has 1 heterocycles. The number of sulfonamides is 1. The predicted molar refractivity (Wildman–Crippen MR) is 213 cm³/mol. The van der Waals surface area contributed by atoms with Gasteiger partial charge in [0.2, 0.25) is 10.0 Å². The Morgan fingerprint density at radius 2 is 1.48 bits per heavy atom. The van der Waals surface area contributed by atoms with Crippen LogP contribution in [-0.4, -0.2) is 89.0 Å². The van der Waals surface area contributed by atoms with Gasteiger partial charge < -0.3 is 25.8 Å². The van der Waals surface area contributed by atoms with Gasteiger partial charge in [-0.05, 0) is 98.8 Å². The van der Waals surface area contributed by atoms with Crippen molar-refractivity contribution in [2.75, 3.05) is 50.9 Å². The van der Waals surface area contributed by atoms with Crippen LogP contribution < -0.4 is 25.0 Å². The second-order valence-corrected chi connectivity index (χ2v) is 16.2. The lowest BCUT2D eigenvalue weighted by Gasteiger charge is -2.32. The number of nitrogens with zero attached hydrogens (tertiary/aromatic N) is 2. The second kappa shape index (κ2) is 19.0. The molecule has 0 bridgehead atoms. The van der Waals surface area contributed by atoms with Crippen molar-refractivity contribution >= 4 is 27.5 Å². The summed E-state index contributed by atoms with van der Waals surface area (Å²) in [4.78, 5) is 29.9. The van der Waals surface area contributed by atoms with Crippen LogP contribution in [0.15, 0.2) is 103 Å². The Hall–Kier alpha value is -4.75. The molecule has 2 amide bonds. The van der Waals surface area contributed by atoms with E-state index in [0.717, 1.165) is 66.5 Å². The summed E-state index contributed by atoms with van der Waals surface area (Å²) in [6.07, 6.45) is 2.56. The van der Waals surface area contributed by atoms with Crippen LogP contribution >= 0.6 is 0 Å². The maximum atomic E-state index is 14.0. The van der Waals surface area contributed by atoms with Gasteiger partial charge in [-0.1, -0.05) is 72.8 Å². The average molecular weight is 756 g/mol. The van der Waals surface area contributed by atoms with Crippen molar-refractivity contribution in [3.05, 3.63) is 131 Å². The van der Waals surface area contributed by atoms with Crippen LogP contribution in [0.2, 0.25) is 0 Å². The van der Waals surface area contributed by atoms with Crippen molar-refractivity contribution in [3.63, 3.8) is 0 Å². The summed E-state index contributed by atoms with van der Waals surface area (Å²) in [5.41, 5.74) is 3.46. The molecule has 12 heteroatoms. The van der Waals surface area contributed by atoms with Crippen LogP contribution in [0.5, 0.6) is 5.75 Å². The Kier molecular flexibility index (Phi) is 14.2. The number of hydrogen-bond acceptors (Lipinski definition) is 8. The number of piperidine rings is 1. The molecule has 54 heavy (non-hydrogen) atoms. The molecule has 1 aliphatic heterocycles. The van der Waals surface area contributed by atoms with Crippen LogP contribution in [0.3, 0.4) is 0 Å². The van der Waals surface area contributed by atoms with E-state index in [9.17, 15) is 23.1 Å². The summed E-state index contributed by atoms with van der Waals surface area (Å²) >= 11 is 0. The molecule has 1 aliphatic rings. The number of likely N-dealkylation sites (tertiary alicyclic amines) is 1. The van der Waals surface area contributed by atoms with E-state index in [4.69, 9.17) is 4.74 Å². The van der Waals surface area contributed by atoms with Crippen LogP contribution in [0.4, 0.5) is 5.69 Å². The first kappa shape index (κ1) is 40.4. The average Bonchev–Trinajstić information content (AvgIpc) is 3.18. The maximum Gasteiger partial charge on any atom is 0.251 e. The minimum Gasteiger partial charge on any atom is -0.497 e. The summed E-state index contributed by atoms with van der Waals surface area (Å²) in [7, 11) is -0.655. The summed E-state index contributed by atoms with van der Waals surface area (Å²) in [6, 6.07) is 30.6. The first-order valence-corrected chi connectivity index (χ1v) is 20.3. The minimum atomic E-state index is -3.71. The minimum absolute atomic E-state index is 0.0967. The molecule has 4 N–H and O–H groups in total. The van der Waals surface area contributed by atoms with E-state index in [1.54, 1.807) is 7.11 Å². The highest BCUT2D eigenvalue weighted by Crippen LogP contribution is 2.23. The third kappa shape index (κ3) is 11.6. The number of carbonyl (C=O) groups is 2. The van der Waals surface area contributed by atoms with Crippen LogP contribution in [-0.2, 0) is 23.0 Å². The Morgan fingerprint density at radius 3 is 2.11 bits per heavy atom. The number of aliphatic hydroxyl groups is 1. The number of anilines is 1. The molecule has 4 aromatic carbocycles. The summed E-state index contributed by atoms with van der Waals surface area (Å²) < 4.78 is 31.5. The number of carbonyl (C=O) groups excluding carboxylic acids is 2. The summed E-state index contributed by atoms with van der Waals surface area (Å²) in [5, 5.41) is 20.9. The van der Waals surface area contributed by atoms with Crippen molar-refractivity contribution in [1.29, 1.82) is 0 Å². The van der Waals surface area contributed by atoms with Crippen molar-refractivity contribution < 1.29 is 27.9 Å². The third-order valence-electron chi connectivity index (χ3n) is 10.1. The van der Waals surface area contributed by atoms with Crippen molar-refractivity contribution in [1.82, 2.24) is 20.9 Å². The fraction of sp³-hybridized carbons (Fsp3) is 0.381. The highest BCUT2D eigenvalue weighted by Gasteiger charge is 2.26. The van der Waals surface area contributed by atoms with Crippen molar-refractivity contribution in [2.45, 2.75) is 50.9 Å². The summed E-state index contributed by atoms with van der Waals surface area (Å²) in [5.74, 6) is 0.332. The van der Waals surface area contributed by atoms with Crippen molar-refractivity contribution in [3.8, 4) is 5.75 Å². The van der Waals surface area contributed by atoms with Gasteiger partial charge in [0.05, 0.1) is 37.2 Å². The molecule has 0 aromatic heterocycles. The lowest BCUT2D eigenvalue weighted by Crippen LogP contribution is -2.49. The quantitative estimate of drug-likeness (QED) is 0.121. The standard InChI is InChI=1S/C42H53N5O6S/c1-30(34-15-9-6-10-16-34)44-41(49)35-24-36(26-37(25-35)46(2)54(4,51)52)42(50)45-39(23-31-12-7-5-8-13-31)40(48)28-43-27-32-18-20-47(21-19-32)29-33-14-11-17-38(22-33)53-3/h5-17,22,24-26,30,32,39-40,43,48H,18-21,23,27-29H2,1-4H3,(H,44,49)(H,45,50)/t30-,39+,40-/m1/s1.